The summed E-state index contributed by atoms with van der Waals surface area (Å²) in [6, 6.07) is 12.6. The van der Waals surface area contributed by atoms with Crippen LogP contribution in [0.2, 0.25) is 0 Å². The lowest BCUT2D eigenvalue weighted by atomic mass is 10.0. The summed E-state index contributed by atoms with van der Waals surface area (Å²) in [6.45, 7) is 6.33. The molecule has 2 aromatic rings. The maximum atomic E-state index is 12.3. The lowest BCUT2D eigenvalue weighted by Gasteiger charge is -2.18. The van der Waals surface area contributed by atoms with Gasteiger partial charge in [0.25, 0.3) is 0 Å². The van der Waals surface area contributed by atoms with Gasteiger partial charge in [-0.1, -0.05) is 48.0 Å². The minimum absolute atomic E-state index is 0.137. The maximum absolute atomic E-state index is 12.3. The second-order valence-corrected chi connectivity index (χ2v) is 6.38. The van der Waals surface area contributed by atoms with Gasteiger partial charge in [0, 0.05) is 11.3 Å². The summed E-state index contributed by atoms with van der Waals surface area (Å²) in [5.74, 6) is -1.56. The van der Waals surface area contributed by atoms with E-state index in [-0.39, 0.29) is 12.3 Å². The van der Waals surface area contributed by atoms with Crippen LogP contribution in [0, 0.1) is 20.8 Å². The summed E-state index contributed by atoms with van der Waals surface area (Å²) in [6.07, 6.45) is -0.137. The predicted molar refractivity (Wildman–Crippen MR) is 94.8 cm³/mol. The molecular weight excluding hydrogens is 316 g/mol. The summed E-state index contributed by atoms with van der Waals surface area (Å²) in [7, 11) is 0. The van der Waals surface area contributed by atoms with Crippen LogP contribution < -0.4 is 15.7 Å². The summed E-state index contributed by atoms with van der Waals surface area (Å²) in [5.41, 5.74) is 4.79. The van der Waals surface area contributed by atoms with Gasteiger partial charge in [-0.2, -0.15) is 0 Å². The van der Waals surface area contributed by atoms with Crippen molar-refractivity contribution in [2.24, 2.45) is 0 Å². The van der Waals surface area contributed by atoms with Gasteiger partial charge in [-0.3, -0.25) is 4.79 Å². The van der Waals surface area contributed by atoms with E-state index in [0.29, 0.717) is 6.54 Å². The van der Waals surface area contributed by atoms with E-state index in [1.807, 2.05) is 63.2 Å². The Kier molecular flexibility index (Phi) is 6.31. The Labute approximate surface area is 148 Å². The van der Waals surface area contributed by atoms with Crippen LogP contribution in [0.5, 0.6) is 0 Å². The fraction of sp³-hybridized carbons (Fsp3) is 0.300. The van der Waals surface area contributed by atoms with Gasteiger partial charge in [0.05, 0.1) is 12.4 Å². The van der Waals surface area contributed by atoms with Gasteiger partial charge < -0.3 is 20.5 Å². The van der Waals surface area contributed by atoms with Crippen molar-refractivity contribution in [3.63, 3.8) is 0 Å². The van der Waals surface area contributed by atoms with Crippen molar-refractivity contribution in [1.82, 2.24) is 0 Å². The zero-order valence-electron chi connectivity index (χ0n) is 14.8. The van der Waals surface area contributed by atoms with E-state index in [2.05, 4.69) is 5.32 Å². The number of carboxylic acids is 1. The molecular formula is C20H24N2O3. The number of carbonyl (C=O) groups excluding carboxylic acids is 2. The molecule has 0 aliphatic heterocycles. The first kappa shape index (κ1) is 18.7. The van der Waals surface area contributed by atoms with E-state index in [9.17, 15) is 14.7 Å². The molecule has 5 heteroatoms. The SMILES string of the molecule is Cc1cc(C)c(NC(=O)C[C@H]([NH2+]Cc2ccccc2)C(=O)[O-])c(C)c1. The van der Waals surface area contributed by atoms with Gasteiger partial charge in [-0.25, -0.2) is 0 Å². The van der Waals surface area contributed by atoms with Crippen molar-refractivity contribution in [3.8, 4) is 0 Å². The predicted octanol–water partition coefficient (Wildman–Crippen LogP) is 0.823. The zero-order valence-corrected chi connectivity index (χ0v) is 14.8. The van der Waals surface area contributed by atoms with E-state index < -0.39 is 12.0 Å². The largest absolute Gasteiger partial charge is 0.544 e. The van der Waals surface area contributed by atoms with Crippen molar-refractivity contribution in [1.29, 1.82) is 0 Å². The monoisotopic (exact) mass is 340 g/mol. The average Bonchev–Trinajstić information content (AvgIpc) is 2.55. The highest BCUT2D eigenvalue weighted by atomic mass is 16.4. The number of amides is 1. The van der Waals surface area contributed by atoms with Crippen molar-refractivity contribution in [2.45, 2.75) is 39.8 Å². The normalized spacial score (nSPS) is 11.8. The number of carboxylic acid groups (broad SMARTS) is 1. The van der Waals surface area contributed by atoms with Crippen LogP contribution in [-0.2, 0) is 16.1 Å². The Hall–Kier alpha value is -2.66. The summed E-state index contributed by atoms with van der Waals surface area (Å²) < 4.78 is 0. The number of quaternary nitrogens is 1. The number of rotatable bonds is 7. The molecule has 2 rings (SSSR count). The van der Waals surface area contributed by atoms with Gasteiger partial charge in [0.15, 0.2) is 0 Å². The number of carbonyl (C=O) groups is 2. The molecule has 1 amide bonds. The summed E-state index contributed by atoms with van der Waals surface area (Å²) in [5, 5.41) is 15.8. The van der Waals surface area contributed by atoms with E-state index in [4.69, 9.17) is 0 Å². The van der Waals surface area contributed by atoms with E-state index >= 15 is 0 Å². The molecule has 0 saturated heterocycles. The molecule has 5 nitrogen and oxygen atoms in total. The van der Waals surface area contributed by atoms with E-state index in [1.165, 1.54) is 0 Å². The summed E-state index contributed by atoms with van der Waals surface area (Å²) >= 11 is 0. The number of nitrogens with one attached hydrogen (secondary N) is 1. The quantitative estimate of drug-likeness (QED) is 0.782. The van der Waals surface area contributed by atoms with Crippen LogP contribution in [0.25, 0.3) is 0 Å². The fourth-order valence-corrected chi connectivity index (χ4v) is 2.92. The number of aliphatic carboxylic acids is 1. The van der Waals surface area contributed by atoms with E-state index in [1.54, 1.807) is 5.32 Å². The minimum atomic E-state index is -1.23. The molecule has 0 saturated carbocycles. The first-order valence-electron chi connectivity index (χ1n) is 8.32. The third kappa shape index (κ3) is 5.43. The molecule has 3 N–H and O–H groups in total. The van der Waals surface area contributed by atoms with Crippen LogP contribution in [0.4, 0.5) is 5.69 Å². The van der Waals surface area contributed by atoms with Gasteiger partial charge in [0.1, 0.15) is 12.6 Å². The third-order valence-corrected chi connectivity index (χ3v) is 4.13. The molecule has 25 heavy (non-hydrogen) atoms. The topological polar surface area (TPSA) is 85.8 Å². The molecule has 0 aromatic heterocycles. The molecule has 132 valence electrons. The molecule has 0 spiro atoms. The smallest absolute Gasteiger partial charge is 0.230 e. The lowest BCUT2D eigenvalue weighted by Crippen LogP contribution is -2.92. The van der Waals surface area contributed by atoms with Gasteiger partial charge >= 0.3 is 0 Å². The van der Waals surface area contributed by atoms with Crippen molar-refractivity contribution in [3.05, 3.63) is 64.7 Å². The molecule has 0 radical (unpaired) electrons. The maximum Gasteiger partial charge on any atom is 0.230 e. The van der Waals surface area contributed by atoms with E-state index in [0.717, 1.165) is 27.9 Å². The number of aryl methyl sites for hydroxylation is 3. The number of anilines is 1. The Morgan fingerprint density at radius 3 is 2.24 bits per heavy atom. The summed E-state index contributed by atoms with van der Waals surface area (Å²) in [4.78, 5) is 23.7. The lowest BCUT2D eigenvalue weighted by molar-refractivity contribution is -0.697. The number of hydrogen-bond acceptors (Lipinski definition) is 3. The molecule has 0 bridgehead atoms. The second kappa shape index (κ2) is 8.44. The van der Waals surface area contributed by atoms with Crippen LogP contribution in [0.3, 0.4) is 0 Å². The van der Waals surface area contributed by atoms with Gasteiger partial charge in [-0.15, -0.1) is 0 Å². The minimum Gasteiger partial charge on any atom is -0.544 e. The zero-order chi connectivity index (χ0) is 18.4. The number of hydrogen-bond donors (Lipinski definition) is 2. The standard InChI is InChI=1S/C20H24N2O3/c1-13-9-14(2)19(15(3)10-13)22-18(23)11-17(20(24)25)21-12-16-7-5-4-6-8-16/h4-10,17,21H,11-12H2,1-3H3,(H,22,23)(H,24,25)/t17-/m0/s1. The molecule has 0 aliphatic rings. The Balaban J connectivity index is 2.00. The first-order valence-corrected chi connectivity index (χ1v) is 8.32. The molecule has 2 aromatic carbocycles. The van der Waals surface area contributed by atoms with Crippen LogP contribution in [0.15, 0.2) is 42.5 Å². The average molecular weight is 340 g/mol. The Bertz CT molecular complexity index is 734. The first-order chi connectivity index (χ1) is 11.9. The molecule has 0 unspecified atom stereocenters. The molecule has 0 heterocycles. The highest BCUT2D eigenvalue weighted by Gasteiger charge is 2.19. The second-order valence-electron chi connectivity index (χ2n) is 6.38. The molecule has 1 atom stereocenters. The molecule has 0 fully saturated rings. The van der Waals surface area contributed by atoms with Crippen molar-refractivity contribution in [2.75, 3.05) is 5.32 Å². The van der Waals surface area contributed by atoms with Crippen molar-refractivity contribution < 1.29 is 20.0 Å². The van der Waals surface area contributed by atoms with Crippen LogP contribution >= 0.6 is 0 Å². The molecule has 0 aliphatic carbocycles. The van der Waals surface area contributed by atoms with Gasteiger partial charge in [0.2, 0.25) is 5.91 Å². The highest BCUT2D eigenvalue weighted by Crippen LogP contribution is 2.22. The van der Waals surface area contributed by atoms with Crippen LogP contribution in [-0.4, -0.2) is 17.9 Å². The van der Waals surface area contributed by atoms with Gasteiger partial charge in [-0.05, 0) is 31.9 Å². The highest BCUT2D eigenvalue weighted by molar-refractivity contribution is 5.94. The van der Waals surface area contributed by atoms with Crippen molar-refractivity contribution >= 4 is 17.6 Å². The Morgan fingerprint density at radius 1 is 1.08 bits per heavy atom. The fourth-order valence-electron chi connectivity index (χ4n) is 2.92. The number of nitrogens with two attached hydrogens (primary N) is 1. The number of benzene rings is 2. The Morgan fingerprint density at radius 2 is 1.68 bits per heavy atom. The van der Waals surface area contributed by atoms with Crippen LogP contribution in [0.1, 0.15) is 28.7 Å². The third-order valence-electron chi connectivity index (χ3n) is 4.13.